The van der Waals surface area contributed by atoms with Gasteiger partial charge in [0, 0.05) is 12.6 Å². The van der Waals surface area contributed by atoms with E-state index in [1.54, 1.807) is 31.2 Å². The molecule has 0 unspecified atom stereocenters. The lowest BCUT2D eigenvalue weighted by atomic mass is 10.1. The lowest BCUT2D eigenvalue weighted by Crippen LogP contribution is -2.33. The number of ether oxygens (including phenoxy) is 2. The van der Waals surface area contributed by atoms with E-state index in [-0.39, 0.29) is 45.6 Å². The van der Waals surface area contributed by atoms with Crippen LogP contribution < -0.4 is 13.9 Å². The van der Waals surface area contributed by atoms with Gasteiger partial charge in [0.2, 0.25) is 0 Å². The number of para-hydroxylation sites is 1. The van der Waals surface area contributed by atoms with Crippen molar-refractivity contribution in [2.45, 2.75) is 31.1 Å². The zero-order valence-corrected chi connectivity index (χ0v) is 22.6. The summed E-state index contributed by atoms with van der Waals surface area (Å²) in [5, 5.41) is -0.0985. The van der Waals surface area contributed by atoms with Gasteiger partial charge in [0.05, 0.1) is 34.1 Å². The maximum absolute atomic E-state index is 14.3. The third kappa shape index (κ3) is 4.86. The SMILES string of the molecule is CCOC(=O)COc1cc(Cl)c(N2C(=O)c3ccccc3C2=O)cc1S(=O)(=O)N1CCCCc2ccccc21. The molecule has 0 aliphatic carbocycles. The molecular weight excluding hydrogens is 544 g/mol. The molecule has 0 bridgehead atoms. The average molecular weight is 569 g/mol. The Morgan fingerprint density at radius 2 is 1.62 bits per heavy atom. The molecule has 3 aromatic carbocycles. The Hall–Kier alpha value is -3.89. The van der Waals surface area contributed by atoms with Crippen LogP contribution in [0.4, 0.5) is 11.4 Å². The average Bonchev–Trinajstić information content (AvgIpc) is 3.06. The Kier molecular flexibility index (Phi) is 7.33. The van der Waals surface area contributed by atoms with Crippen molar-refractivity contribution in [3.8, 4) is 5.75 Å². The Balaban J connectivity index is 1.64. The van der Waals surface area contributed by atoms with Crippen molar-refractivity contribution in [2.24, 2.45) is 0 Å². The van der Waals surface area contributed by atoms with Crippen molar-refractivity contribution in [3.05, 3.63) is 82.4 Å². The number of esters is 1. The summed E-state index contributed by atoms with van der Waals surface area (Å²) in [6.45, 7) is 1.41. The van der Waals surface area contributed by atoms with Gasteiger partial charge in [0.25, 0.3) is 21.8 Å². The summed E-state index contributed by atoms with van der Waals surface area (Å²) in [5.74, 6) is -2.14. The summed E-state index contributed by atoms with van der Waals surface area (Å²) in [5.41, 5.74) is 1.68. The van der Waals surface area contributed by atoms with Gasteiger partial charge in [-0.3, -0.25) is 13.9 Å². The fourth-order valence-corrected chi connectivity index (χ4v) is 6.70. The van der Waals surface area contributed by atoms with Crippen molar-refractivity contribution in [1.82, 2.24) is 0 Å². The molecule has 0 saturated carbocycles. The second kappa shape index (κ2) is 10.7. The summed E-state index contributed by atoms with van der Waals surface area (Å²) in [6, 6.07) is 15.9. The highest BCUT2D eigenvalue weighted by Crippen LogP contribution is 2.42. The Labute approximate surface area is 230 Å². The maximum atomic E-state index is 14.3. The highest BCUT2D eigenvalue weighted by Gasteiger charge is 2.39. The Bertz CT molecular complexity index is 1550. The number of rotatable bonds is 7. The summed E-state index contributed by atoms with van der Waals surface area (Å²) < 4.78 is 40.3. The number of hydrogen-bond donors (Lipinski definition) is 0. The molecule has 11 heteroatoms. The number of nitrogens with zero attached hydrogens (tertiary/aromatic N) is 2. The normalized spacial score (nSPS) is 15.0. The fourth-order valence-electron chi connectivity index (χ4n) is 4.78. The van der Waals surface area contributed by atoms with Gasteiger partial charge in [-0.2, -0.15) is 0 Å². The van der Waals surface area contributed by atoms with E-state index in [1.807, 2.05) is 12.1 Å². The number of fused-ring (bicyclic) bond motifs is 2. The van der Waals surface area contributed by atoms with Gasteiger partial charge in [-0.15, -0.1) is 0 Å². The number of sulfonamides is 1. The molecule has 3 aromatic rings. The first kappa shape index (κ1) is 26.7. The number of imide groups is 1. The van der Waals surface area contributed by atoms with Crippen LogP contribution in [-0.4, -0.2) is 46.0 Å². The second-order valence-electron chi connectivity index (χ2n) is 9.00. The number of halogens is 1. The van der Waals surface area contributed by atoms with Crippen LogP contribution in [0.1, 0.15) is 46.0 Å². The van der Waals surface area contributed by atoms with Gasteiger partial charge >= 0.3 is 5.97 Å². The van der Waals surface area contributed by atoms with Crippen LogP contribution in [0.3, 0.4) is 0 Å². The van der Waals surface area contributed by atoms with Crippen molar-refractivity contribution in [2.75, 3.05) is 29.0 Å². The topological polar surface area (TPSA) is 110 Å². The minimum Gasteiger partial charge on any atom is -0.480 e. The molecule has 202 valence electrons. The quantitative estimate of drug-likeness (QED) is 0.302. The first-order valence-electron chi connectivity index (χ1n) is 12.4. The van der Waals surface area contributed by atoms with Crippen molar-refractivity contribution in [3.63, 3.8) is 0 Å². The molecule has 2 heterocycles. The summed E-state index contributed by atoms with van der Waals surface area (Å²) >= 11 is 6.52. The first-order chi connectivity index (χ1) is 18.7. The predicted molar refractivity (Wildman–Crippen MR) is 145 cm³/mol. The summed E-state index contributed by atoms with van der Waals surface area (Å²) in [6.07, 6.45) is 2.14. The maximum Gasteiger partial charge on any atom is 0.344 e. The zero-order chi connectivity index (χ0) is 27.7. The molecule has 9 nitrogen and oxygen atoms in total. The largest absolute Gasteiger partial charge is 0.480 e. The second-order valence-corrected chi connectivity index (χ2v) is 11.2. The van der Waals surface area contributed by atoms with Gasteiger partial charge in [0.15, 0.2) is 6.61 Å². The van der Waals surface area contributed by atoms with Gasteiger partial charge in [-0.1, -0.05) is 41.9 Å². The van der Waals surface area contributed by atoms with E-state index in [0.29, 0.717) is 12.1 Å². The molecule has 39 heavy (non-hydrogen) atoms. The van der Waals surface area contributed by atoms with E-state index < -0.39 is 34.4 Å². The van der Waals surface area contributed by atoms with Crippen LogP contribution in [0.2, 0.25) is 5.02 Å². The fraction of sp³-hybridized carbons (Fsp3) is 0.250. The monoisotopic (exact) mass is 568 g/mol. The van der Waals surface area contributed by atoms with Gasteiger partial charge in [-0.05, 0) is 56.0 Å². The Morgan fingerprint density at radius 1 is 0.949 bits per heavy atom. The smallest absolute Gasteiger partial charge is 0.344 e. The van der Waals surface area contributed by atoms with Crippen LogP contribution >= 0.6 is 11.6 Å². The highest BCUT2D eigenvalue weighted by molar-refractivity contribution is 7.93. The van der Waals surface area contributed by atoms with Crippen LogP contribution in [0.15, 0.2) is 65.6 Å². The molecule has 0 radical (unpaired) electrons. The number of anilines is 2. The number of amides is 2. The molecular formula is C28H25ClN2O7S. The van der Waals surface area contributed by atoms with Crippen molar-refractivity contribution < 1.29 is 32.3 Å². The molecule has 0 saturated heterocycles. The third-order valence-electron chi connectivity index (χ3n) is 6.58. The predicted octanol–water partition coefficient (Wildman–Crippen LogP) is 4.61. The molecule has 2 aliphatic rings. The van der Waals surface area contributed by atoms with E-state index in [1.165, 1.54) is 22.5 Å². The van der Waals surface area contributed by atoms with Crippen LogP contribution in [0, 0.1) is 0 Å². The van der Waals surface area contributed by atoms with Crippen molar-refractivity contribution in [1.29, 1.82) is 0 Å². The Morgan fingerprint density at radius 3 is 2.31 bits per heavy atom. The lowest BCUT2D eigenvalue weighted by Gasteiger charge is -2.27. The van der Waals surface area contributed by atoms with Gasteiger partial charge in [0.1, 0.15) is 10.6 Å². The van der Waals surface area contributed by atoms with Crippen molar-refractivity contribution >= 4 is 50.8 Å². The van der Waals surface area contributed by atoms with E-state index in [0.717, 1.165) is 29.4 Å². The molecule has 0 fully saturated rings. The van der Waals surface area contributed by atoms with E-state index in [4.69, 9.17) is 21.1 Å². The molecule has 2 amide bonds. The summed E-state index contributed by atoms with van der Waals surface area (Å²) in [4.78, 5) is 38.9. The standard InChI is InChI=1S/C28H25ClN2O7S/c1-2-37-26(32)17-38-24-15-21(29)23(31-27(33)19-11-4-5-12-20(19)28(31)34)16-25(24)39(35,36)30-14-8-7-10-18-9-3-6-13-22(18)30/h3-6,9,11-13,15-16H,2,7-8,10,14,17H2,1H3. The van der Waals surface area contributed by atoms with Crippen LogP contribution in [-0.2, 0) is 26.0 Å². The molecule has 5 rings (SSSR count). The van der Waals surface area contributed by atoms with E-state index in [9.17, 15) is 22.8 Å². The zero-order valence-electron chi connectivity index (χ0n) is 21.1. The van der Waals surface area contributed by atoms with E-state index in [2.05, 4.69) is 0 Å². The number of benzene rings is 3. The van der Waals surface area contributed by atoms with Crippen LogP contribution in [0.25, 0.3) is 0 Å². The minimum atomic E-state index is -4.31. The lowest BCUT2D eigenvalue weighted by molar-refractivity contribution is -0.145. The van der Waals surface area contributed by atoms with Gasteiger partial charge < -0.3 is 9.47 Å². The first-order valence-corrected chi connectivity index (χ1v) is 14.3. The van der Waals surface area contributed by atoms with Gasteiger partial charge in [-0.25, -0.2) is 18.1 Å². The minimum absolute atomic E-state index is 0.0985. The number of aryl methyl sites for hydroxylation is 1. The molecule has 0 aromatic heterocycles. The third-order valence-corrected chi connectivity index (χ3v) is 8.72. The number of carbonyl (C=O) groups excluding carboxylic acids is 3. The number of carbonyl (C=O) groups is 3. The molecule has 0 N–H and O–H groups in total. The number of hydrogen-bond acceptors (Lipinski definition) is 7. The molecule has 0 atom stereocenters. The van der Waals surface area contributed by atoms with E-state index >= 15 is 0 Å². The molecule has 2 aliphatic heterocycles. The summed E-state index contributed by atoms with van der Waals surface area (Å²) in [7, 11) is -4.31. The highest BCUT2D eigenvalue weighted by atomic mass is 35.5. The van der Waals surface area contributed by atoms with Crippen LogP contribution in [0.5, 0.6) is 5.75 Å². The molecule has 0 spiro atoms.